The molecule has 2 aromatic heterocycles. The van der Waals surface area contributed by atoms with Crippen LogP contribution in [0.25, 0.3) is 22.2 Å². The van der Waals surface area contributed by atoms with E-state index in [0.717, 1.165) is 16.9 Å². The van der Waals surface area contributed by atoms with Crippen molar-refractivity contribution >= 4 is 34.4 Å². The molecule has 2 fully saturated rings. The van der Waals surface area contributed by atoms with Crippen molar-refractivity contribution in [1.29, 1.82) is 0 Å². The molecule has 1 aromatic carbocycles. The minimum atomic E-state index is -0.387. The van der Waals surface area contributed by atoms with Gasteiger partial charge in [0.05, 0.1) is 24.7 Å². The van der Waals surface area contributed by atoms with Gasteiger partial charge in [-0.15, -0.1) is 0 Å². The highest BCUT2D eigenvalue weighted by molar-refractivity contribution is 5.91. The molecule has 0 spiro atoms. The summed E-state index contributed by atoms with van der Waals surface area (Å²) in [4.78, 5) is 39.1. The zero-order valence-electron chi connectivity index (χ0n) is 20.1. The molecule has 2 aliphatic heterocycles. The lowest BCUT2D eigenvalue weighted by Gasteiger charge is -2.35. The second-order valence-electron chi connectivity index (χ2n) is 8.63. The largest absolute Gasteiger partial charge is 0.450 e. The SMILES string of the molecule is CCOC(=O)N1CCN(c2nc3nc(N4CCOCC4)c([N+](=O)[O-])cc3cc2-c2ccccc2)CC1. The van der Waals surface area contributed by atoms with E-state index >= 15 is 0 Å². The Morgan fingerprint density at radius 1 is 1.00 bits per heavy atom. The fraction of sp³-hybridized carbons (Fsp3) is 0.400. The van der Waals surface area contributed by atoms with Gasteiger partial charge in [0.15, 0.2) is 5.65 Å². The molecule has 1 amide bonds. The fourth-order valence-corrected chi connectivity index (χ4v) is 4.60. The van der Waals surface area contributed by atoms with Crippen molar-refractivity contribution in [2.45, 2.75) is 6.92 Å². The summed E-state index contributed by atoms with van der Waals surface area (Å²) >= 11 is 0. The number of ether oxygens (including phenoxy) is 2. The molecule has 0 N–H and O–H groups in total. The lowest BCUT2D eigenvalue weighted by molar-refractivity contribution is -0.384. The van der Waals surface area contributed by atoms with Crippen LogP contribution in [0.1, 0.15) is 6.92 Å². The van der Waals surface area contributed by atoms with E-state index < -0.39 is 0 Å². The van der Waals surface area contributed by atoms with Crippen LogP contribution in [-0.2, 0) is 9.47 Å². The third-order valence-corrected chi connectivity index (χ3v) is 6.44. The second-order valence-corrected chi connectivity index (χ2v) is 8.63. The second kappa shape index (κ2) is 10.3. The average Bonchev–Trinajstić information content (AvgIpc) is 2.92. The molecule has 11 heteroatoms. The van der Waals surface area contributed by atoms with Gasteiger partial charge in [0.25, 0.3) is 0 Å². The Hall–Kier alpha value is -3.99. The molecule has 11 nitrogen and oxygen atoms in total. The zero-order valence-corrected chi connectivity index (χ0v) is 20.1. The van der Waals surface area contributed by atoms with Gasteiger partial charge in [-0.25, -0.2) is 14.8 Å². The first-order chi connectivity index (χ1) is 17.5. The van der Waals surface area contributed by atoms with E-state index in [4.69, 9.17) is 14.5 Å². The minimum Gasteiger partial charge on any atom is -0.450 e. The number of carbonyl (C=O) groups is 1. The van der Waals surface area contributed by atoms with Crippen molar-refractivity contribution in [3.63, 3.8) is 0 Å². The maximum atomic E-state index is 12.2. The van der Waals surface area contributed by atoms with Gasteiger partial charge in [-0.2, -0.15) is 0 Å². The molecule has 188 valence electrons. The van der Waals surface area contributed by atoms with Crippen molar-refractivity contribution in [1.82, 2.24) is 14.9 Å². The molecule has 36 heavy (non-hydrogen) atoms. The maximum absolute atomic E-state index is 12.2. The van der Waals surface area contributed by atoms with E-state index in [1.807, 2.05) is 41.3 Å². The Balaban J connectivity index is 1.57. The summed E-state index contributed by atoms with van der Waals surface area (Å²) in [5.74, 6) is 1.06. The summed E-state index contributed by atoms with van der Waals surface area (Å²) < 4.78 is 10.6. The number of piperazine rings is 1. The van der Waals surface area contributed by atoms with Crippen molar-refractivity contribution in [3.8, 4) is 11.1 Å². The number of rotatable bonds is 5. The van der Waals surface area contributed by atoms with Gasteiger partial charge >= 0.3 is 11.8 Å². The molecule has 0 saturated carbocycles. The number of nitro groups is 1. The molecule has 2 saturated heterocycles. The van der Waals surface area contributed by atoms with Crippen LogP contribution in [0.5, 0.6) is 0 Å². The third kappa shape index (κ3) is 4.74. The Morgan fingerprint density at radius 3 is 2.33 bits per heavy atom. The number of fused-ring (bicyclic) bond motifs is 1. The van der Waals surface area contributed by atoms with Crippen LogP contribution in [0.3, 0.4) is 0 Å². The molecule has 5 rings (SSSR count). The first-order valence-corrected chi connectivity index (χ1v) is 12.1. The van der Waals surface area contributed by atoms with E-state index in [1.54, 1.807) is 17.9 Å². The van der Waals surface area contributed by atoms with Crippen LogP contribution >= 0.6 is 0 Å². The highest BCUT2D eigenvalue weighted by atomic mass is 16.6. The van der Waals surface area contributed by atoms with Gasteiger partial charge in [-0.05, 0) is 18.6 Å². The number of aromatic nitrogens is 2. The van der Waals surface area contributed by atoms with E-state index in [9.17, 15) is 14.9 Å². The average molecular weight is 493 g/mol. The monoisotopic (exact) mass is 492 g/mol. The zero-order chi connectivity index (χ0) is 25.1. The topological polar surface area (TPSA) is 114 Å². The van der Waals surface area contributed by atoms with Crippen LogP contribution < -0.4 is 9.80 Å². The molecule has 4 heterocycles. The molecule has 0 atom stereocenters. The number of hydrogen-bond donors (Lipinski definition) is 0. The number of hydrogen-bond acceptors (Lipinski definition) is 9. The Morgan fingerprint density at radius 2 is 1.67 bits per heavy atom. The van der Waals surface area contributed by atoms with Gasteiger partial charge in [0.2, 0.25) is 5.82 Å². The minimum absolute atomic E-state index is 0.0407. The van der Waals surface area contributed by atoms with Crippen molar-refractivity contribution in [2.75, 3.05) is 68.9 Å². The number of morpholine rings is 1. The quantitative estimate of drug-likeness (QED) is 0.391. The first kappa shape index (κ1) is 23.7. The van der Waals surface area contributed by atoms with Gasteiger partial charge in [0.1, 0.15) is 5.82 Å². The Bertz CT molecular complexity index is 1260. The fourth-order valence-electron chi connectivity index (χ4n) is 4.60. The van der Waals surface area contributed by atoms with Crippen LogP contribution in [0.4, 0.5) is 22.1 Å². The van der Waals surface area contributed by atoms with Gasteiger partial charge in [-0.3, -0.25) is 10.1 Å². The molecule has 0 bridgehead atoms. The summed E-state index contributed by atoms with van der Waals surface area (Å²) in [5, 5.41) is 12.5. The highest BCUT2D eigenvalue weighted by Gasteiger charge is 2.28. The molecule has 3 aromatic rings. The lowest BCUT2D eigenvalue weighted by Crippen LogP contribution is -2.49. The molecule has 0 radical (unpaired) electrons. The molecule has 0 unspecified atom stereocenters. The Kier molecular flexibility index (Phi) is 6.81. The van der Waals surface area contributed by atoms with Crippen LogP contribution in [-0.4, -0.2) is 85.0 Å². The van der Waals surface area contributed by atoms with Gasteiger partial charge in [-0.1, -0.05) is 30.3 Å². The number of nitrogens with zero attached hydrogens (tertiary/aromatic N) is 6. The number of benzene rings is 1. The summed E-state index contributed by atoms with van der Waals surface area (Å²) in [7, 11) is 0. The molecule has 0 aliphatic carbocycles. The molecular formula is C25H28N6O5. The van der Waals surface area contributed by atoms with Crippen molar-refractivity contribution in [3.05, 3.63) is 52.6 Å². The molecular weight excluding hydrogens is 464 g/mol. The van der Waals surface area contributed by atoms with Crippen LogP contribution in [0.2, 0.25) is 0 Å². The normalized spacial score (nSPS) is 16.3. The smallest absolute Gasteiger partial charge is 0.409 e. The summed E-state index contributed by atoms with van der Waals surface area (Å²) in [6, 6.07) is 13.3. The lowest BCUT2D eigenvalue weighted by atomic mass is 10.0. The number of carbonyl (C=O) groups excluding carboxylic acids is 1. The number of pyridine rings is 2. The number of anilines is 2. The third-order valence-electron chi connectivity index (χ3n) is 6.44. The summed E-state index contributed by atoms with van der Waals surface area (Å²) in [5.41, 5.74) is 2.23. The van der Waals surface area contributed by atoms with Gasteiger partial charge in [0, 0.05) is 56.3 Å². The van der Waals surface area contributed by atoms with E-state index in [2.05, 4.69) is 9.88 Å². The van der Waals surface area contributed by atoms with E-state index in [0.29, 0.717) is 75.9 Å². The van der Waals surface area contributed by atoms with Gasteiger partial charge < -0.3 is 24.2 Å². The van der Waals surface area contributed by atoms with Crippen molar-refractivity contribution in [2.24, 2.45) is 0 Å². The Labute approximate surface area is 208 Å². The van der Waals surface area contributed by atoms with Crippen LogP contribution in [0, 0.1) is 10.1 Å². The highest BCUT2D eigenvalue weighted by Crippen LogP contribution is 2.36. The van der Waals surface area contributed by atoms with Crippen molar-refractivity contribution < 1.29 is 19.2 Å². The summed E-state index contributed by atoms with van der Waals surface area (Å²) in [6.45, 7) is 6.38. The number of amides is 1. The van der Waals surface area contributed by atoms with E-state index in [-0.39, 0.29) is 16.7 Å². The predicted octanol–water partition coefficient (Wildman–Crippen LogP) is 3.32. The van der Waals surface area contributed by atoms with E-state index in [1.165, 1.54) is 0 Å². The standard InChI is InChI=1S/C25H28N6O5/c1-2-36-25(32)30-10-8-28(9-11-30)23-20(18-6-4-3-5-7-18)16-19-17-21(31(33)34)24(27-22(19)26-23)29-12-14-35-15-13-29/h3-7,16-17H,2,8-15H2,1H3. The summed E-state index contributed by atoms with van der Waals surface area (Å²) in [6.07, 6.45) is -0.309. The maximum Gasteiger partial charge on any atom is 0.409 e. The first-order valence-electron chi connectivity index (χ1n) is 12.1. The predicted molar refractivity (Wildman–Crippen MR) is 135 cm³/mol. The molecule has 2 aliphatic rings. The van der Waals surface area contributed by atoms with Crippen LogP contribution in [0.15, 0.2) is 42.5 Å².